The fourth-order valence-corrected chi connectivity index (χ4v) is 1.95. The average molecular weight is 275 g/mol. The van der Waals surface area contributed by atoms with E-state index in [2.05, 4.69) is 10.3 Å². The zero-order chi connectivity index (χ0) is 13.8. The zero-order valence-corrected chi connectivity index (χ0v) is 11.6. The molecule has 1 atom stereocenters. The maximum atomic E-state index is 12.1. The van der Waals surface area contributed by atoms with E-state index >= 15 is 0 Å². The number of carbonyl (C=O) groups excluding carboxylic acids is 1. The molecule has 0 saturated heterocycles. The first kappa shape index (κ1) is 13.6. The van der Waals surface area contributed by atoms with E-state index in [-0.39, 0.29) is 11.9 Å². The minimum atomic E-state index is -0.217. The summed E-state index contributed by atoms with van der Waals surface area (Å²) in [4.78, 5) is 16.0. The Kier molecular flexibility index (Phi) is 4.17. The molecule has 0 saturated carbocycles. The highest BCUT2D eigenvalue weighted by atomic mass is 35.5. The first-order valence-corrected chi connectivity index (χ1v) is 6.42. The van der Waals surface area contributed by atoms with Crippen LogP contribution in [0.25, 0.3) is 0 Å². The second kappa shape index (κ2) is 5.85. The van der Waals surface area contributed by atoms with Crippen molar-refractivity contribution < 1.29 is 4.79 Å². The van der Waals surface area contributed by atoms with E-state index in [0.717, 1.165) is 5.56 Å². The Bertz CT molecular complexity index is 581. The molecule has 98 valence electrons. The molecule has 4 heteroatoms. The third-order valence-electron chi connectivity index (χ3n) is 2.94. The van der Waals surface area contributed by atoms with Crippen LogP contribution in [0.1, 0.15) is 34.5 Å². The van der Waals surface area contributed by atoms with Gasteiger partial charge in [-0.15, -0.1) is 0 Å². The highest BCUT2D eigenvalue weighted by Gasteiger charge is 2.14. The average Bonchev–Trinajstić information content (AvgIpc) is 2.39. The highest BCUT2D eigenvalue weighted by molar-refractivity contribution is 6.33. The number of amides is 1. The standard InChI is InChI=1S/C15H15ClN2O/c1-10-3-5-12(6-4-10)11(2)18-15(19)13-9-17-8-7-14(13)16/h3-9,11H,1-2H3,(H,18,19). The number of nitrogens with zero attached hydrogens (tertiary/aromatic N) is 1. The zero-order valence-electron chi connectivity index (χ0n) is 10.9. The summed E-state index contributed by atoms with van der Waals surface area (Å²) in [6, 6.07) is 9.58. The number of pyridine rings is 1. The van der Waals surface area contributed by atoms with Gasteiger partial charge < -0.3 is 5.32 Å². The number of aromatic nitrogens is 1. The molecule has 3 nitrogen and oxygen atoms in total. The van der Waals surface area contributed by atoms with Gasteiger partial charge in [0.25, 0.3) is 5.91 Å². The molecule has 19 heavy (non-hydrogen) atoms. The molecule has 1 N–H and O–H groups in total. The van der Waals surface area contributed by atoms with Crippen molar-refractivity contribution in [2.75, 3.05) is 0 Å². The summed E-state index contributed by atoms with van der Waals surface area (Å²) in [6.45, 7) is 3.97. The van der Waals surface area contributed by atoms with Crippen LogP contribution in [0.4, 0.5) is 0 Å². The normalized spacial score (nSPS) is 11.9. The fraction of sp³-hybridized carbons (Fsp3) is 0.200. The summed E-state index contributed by atoms with van der Waals surface area (Å²) < 4.78 is 0. The minimum Gasteiger partial charge on any atom is -0.345 e. The third-order valence-corrected chi connectivity index (χ3v) is 3.27. The van der Waals surface area contributed by atoms with Crippen LogP contribution >= 0.6 is 11.6 Å². The lowest BCUT2D eigenvalue weighted by atomic mass is 10.1. The molecule has 1 heterocycles. The van der Waals surface area contributed by atoms with E-state index in [1.54, 1.807) is 12.3 Å². The molecule has 0 bridgehead atoms. The Labute approximate surface area is 117 Å². The number of rotatable bonds is 3. The van der Waals surface area contributed by atoms with Gasteiger partial charge in [-0.3, -0.25) is 9.78 Å². The molecular formula is C15H15ClN2O. The van der Waals surface area contributed by atoms with Gasteiger partial charge in [-0.1, -0.05) is 41.4 Å². The topological polar surface area (TPSA) is 42.0 Å². The van der Waals surface area contributed by atoms with Gasteiger partial charge in [-0.05, 0) is 25.5 Å². The highest BCUT2D eigenvalue weighted by Crippen LogP contribution is 2.17. The molecule has 2 aromatic rings. The van der Waals surface area contributed by atoms with Crippen molar-refractivity contribution in [1.29, 1.82) is 0 Å². The second-order valence-corrected chi connectivity index (χ2v) is 4.87. The molecule has 1 aromatic heterocycles. The molecule has 0 aliphatic carbocycles. The number of benzene rings is 1. The summed E-state index contributed by atoms with van der Waals surface area (Å²) in [5, 5.41) is 3.32. The largest absolute Gasteiger partial charge is 0.345 e. The fourth-order valence-electron chi connectivity index (χ4n) is 1.76. The van der Waals surface area contributed by atoms with Gasteiger partial charge in [0.1, 0.15) is 0 Å². The SMILES string of the molecule is Cc1ccc(C(C)NC(=O)c2cnccc2Cl)cc1. The summed E-state index contributed by atoms with van der Waals surface area (Å²) in [5.74, 6) is -0.217. The number of hydrogen-bond donors (Lipinski definition) is 1. The van der Waals surface area contributed by atoms with Crippen LogP contribution in [0.2, 0.25) is 5.02 Å². The van der Waals surface area contributed by atoms with Crippen LogP contribution in [0.15, 0.2) is 42.7 Å². The monoisotopic (exact) mass is 274 g/mol. The smallest absolute Gasteiger partial charge is 0.254 e. The lowest BCUT2D eigenvalue weighted by molar-refractivity contribution is 0.0939. The number of hydrogen-bond acceptors (Lipinski definition) is 2. The summed E-state index contributed by atoms with van der Waals surface area (Å²) in [6.07, 6.45) is 3.03. The molecule has 1 aromatic carbocycles. The van der Waals surface area contributed by atoms with Gasteiger partial charge in [0.05, 0.1) is 16.6 Å². The van der Waals surface area contributed by atoms with Crippen molar-refractivity contribution in [3.05, 3.63) is 64.4 Å². The second-order valence-electron chi connectivity index (χ2n) is 4.46. The van der Waals surface area contributed by atoms with Crippen LogP contribution in [-0.2, 0) is 0 Å². The lowest BCUT2D eigenvalue weighted by Gasteiger charge is -2.15. The van der Waals surface area contributed by atoms with Gasteiger partial charge in [0, 0.05) is 12.4 Å². The quantitative estimate of drug-likeness (QED) is 0.930. The van der Waals surface area contributed by atoms with E-state index in [1.807, 2.05) is 38.1 Å². The molecule has 0 aliphatic heterocycles. The van der Waals surface area contributed by atoms with Gasteiger partial charge >= 0.3 is 0 Å². The third kappa shape index (κ3) is 3.32. The molecule has 2 rings (SSSR count). The van der Waals surface area contributed by atoms with Gasteiger partial charge in [-0.2, -0.15) is 0 Å². The van der Waals surface area contributed by atoms with Crippen LogP contribution in [0.5, 0.6) is 0 Å². The van der Waals surface area contributed by atoms with Crippen LogP contribution in [0.3, 0.4) is 0 Å². The van der Waals surface area contributed by atoms with Crippen molar-refractivity contribution >= 4 is 17.5 Å². The van der Waals surface area contributed by atoms with Crippen LogP contribution in [-0.4, -0.2) is 10.9 Å². The first-order chi connectivity index (χ1) is 9.08. The van der Waals surface area contributed by atoms with E-state index in [0.29, 0.717) is 10.6 Å². The molecule has 0 spiro atoms. The van der Waals surface area contributed by atoms with Crippen LogP contribution < -0.4 is 5.32 Å². The van der Waals surface area contributed by atoms with Gasteiger partial charge in [0.15, 0.2) is 0 Å². The van der Waals surface area contributed by atoms with E-state index in [4.69, 9.17) is 11.6 Å². The summed E-state index contributed by atoms with van der Waals surface area (Å²) in [7, 11) is 0. The van der Waals surface area contributed by atoms with E-state index < -0.39 is 0 Å². The number of carbonyl (C=O) groups is 1. The first-order valence-electron chi connectivity index (χ1n) is 6.05. The molecule has 1 unspecified atom stereocenters. The number of nitrogens with one attached hydrogen (secondary N) is 1. The summed E-state index contributed by atoms with van der Waals surface area (Å²) in [5.41, 5.74) is 2.64. The predicted octanol–water partition coefficient (Wildman–Crippen LogP) is 3.53. The maximum absolute atomic E-state index is 12.1. The Hall–Kier alpha value is -1.87. The van der Waals surface area contributed by atoms with E-state index in [9.17, 15) is 4.79 Å². The molecule has 1 amide bonds. The van der Waals surface area contributed by atoms with Crippen molar-refractivity contribution in [3.63, 3.8) is 0 Å². The van der Waals surface area contributed by atoms with Gasteiger partial charge in [0.2, 0.25) is 0 Å². The molecular weight excluding hydrogens is 260 g/mol. The molecule has 0 aliphatic rings. The Morgan fingerprint density at radius 2 is 1.95 bits per heavy atom. The maximum Gasteiger partial charge on any atom is 0.254 e. The van der Waals surface area contributed by atoms with Crippen molar-refractivity contribution in [1.82, 2.24) is 10.3 Å². The van der Waals surface area contributed by atoms with Crippen molar-refractivity contribution in [2.24, 2.45) is 0 Å². The molecule has 0 fully saturated rings. The van der Waals surface area contributed by atoms with Gasteiger partial charge in [-0.25, -0.2) is 0 Å². The molecule has 0 radical (unpaired) electrons. The van der Waals surface area contributed by atoms with Crippen molar-refractivity contribution in [3.8, 4) is 0 Å². The van der Waals surface area contributed by atoms with Crippen LogP contribution in [0, 0.1) is 6.92 Å². The predicted molar refractivity (Wildman–Crippen MR) is 76.3 cm³/mol. The number of aryl methyl sites for hydroxylation is 1. The number of halogens is 1. The van der Waals surface area contributed by atoms with E-state index in [1.165, 1.54) is 11.8 Å². The minimum absolute atomic E-state index is 0.0793. The van der Waals surface area contributed by atoms with Crippen molar-refractivity contribution in [2.45, 2.75) is 19.9 Å². The Morgan fingerprint density at radius 3 is 2.58 bits per heavy atom. The lowest BCUT2D eigenvalue weighted by Crippen LogP contribution is -2.27. The summed E-state index contributed by atoms with van der Waals surface area (Å²) >= 11 is 5.97. The Balaban J connectivity index is 2.11. The Morgan fingerprint density at radius 1 is 1.26 bits per heavy atom.